The fraction of sp³-hybridized carbons (Fsp3) is 1.00. The SMILES string of the molecule is CN(C)C1CCCCC1(N(C)C)N(C)C. The molecular weight excluding hydrogens is 186 g/mol. The van der Waals surface area contributed by atoms with Gasteiger partial charge in [0.2, 0.25) is 0 Å². The number of rotatable bonds is 3. The van der Waals surface area contributed by atoms with E-state index < -0.39 is 0 Å². The van der Waals surface area contributed by atoms with E-state index in [0.29, 0.717) is 6.04 Å². The first-order chi connectivity index (χ1) is 6.93. The molecule has 90 valence electrons. The van der Waals surface area contributed by atoms with Crippen molar-refractivity contribution >= 4 is 0 Å². The van der Waals surface area contributed by atoms with Crippen molar-refractivity contribution in [2.24, 2.45) is 0 Å². The highest BCUT2D eigenvalue weighted by atomic mass is 15.4. The summed E-state index contributed by atoms with van der Waals surface area (Å²) in [6.45, 7) is 0. The van der Waals surface area contributed by atoms with Gasteiger partial charge in [-0.3, -0.25) is 9.80 Å². The molecule has 3 heteroatoms. The molecule has 0 aromatic rings. The van der Waals surface area contributed by atoms with Crippen LogP contribution >= 0.6 is 0 Å². The van der Waals surface area contributed by atoms with Crippen molar-refractivity contribution in [3.05, 3.63) is 0 Å². The van der Waals surface area contributed by atoms with Crippen LogP contribution in [0.2, 0.25) is 0 Å². The van der Waals surface area contributed by atoms with Crippen LogP contribution in [-0.2, 0) is 0 Å². The number of likely N-dealkylation sites (N-methyl/N-ethyl adjacent to an activating group) is 3. The largest absolute Gasteiger partial charge is 0.303 e. The molecule has 1 rings (SSSR count). The maximum Gasteiger partial charge on any atom is 0.0887 e. The van der Waals surface area contributed by atoms with E-state index in [1.54, 1.807) is 0 Å². The molecule has 3 nitrogen and oxygen atoms in total. The first-order valence-electron chi connectivity index (χ1n) is 5.94. The number of hydrogen-bond donors (Lipinski definition) is 0. The second-order valence-corrected chi connectivity index (χ2v) is 5.39. The van der Waals surface area contributed by atoms with Crippen LogP contribution in [0.5, 0.6) is 0 Å². The van der Waals surface area contributed by atoms with Gasteiger partial charge in [-0.1, -0.05) is 12.8 Å². The third-order valence-electron chi connectivity index (χ3n) is 3.98. The lowest BCUT2D eigenvalue weighted by Gasteiger charge is -2.55. The maximum atomic E-state index is 2.40. The Kier molecular flexibility index (Phi) is 4.15. The summed E-state index contributed by atoms with van der Waals surface area (Å²) in [6, 6.07) is 0.635. The van der Waals surface area contributed by atoms with Crippen LogP contribution in [-0.4, -0.2) is 68.7 Å². The minimum Gasteiger partial charge on any atom is -0.303 e. The van der Waals surface area contributed by atoms with Crippen LogP contribution < -0.4 is 0 Å². The van der Waals surface area contributed by atoms with Gasteiger partial charge in [0.1, 0.15) is 0 Å². The van der Waals surface area contributed by atoms with Crippen LogP contribution in [0.4, 0.5) is 0 Å². The summed E-state index contributed by atoms with van der Waals surface area (Å²) in [6.07, 6.45) is 5.30. The molecule has 0 saturated heterocycles. The van der Waals surface area contributed by atoms with Gasteiger partial charge in [-0.2, -0.15) is 0 Å². The molecule has 15 heavy (non-hydrogen) atoms. The molecule has 0 bridgehead atoms. The van der Waals surface area contributed by atoms with Crippen molar-refractivity contribution in [2.45, 2.75) is 37.4 Å². The van der Waals surface area contributed by atoms with Crippen LogP contribution in [0.25, 0.3) is 0 Å². The molecule has 1 fully saturated rings. The van der Waals surface area contributed by atoms with Gasteiger partial charge in [0.25, 0.3) is 0 Å². The summed E-state index contributed by atoms with van der Waals surface area (Å²) >= 11 is 0. The Hall–Kier alpha value is -0.120. The third kappa shape index (κ3) is 2.19. The monoisotopic (exact) mass is 213 g/mol. The molecule has 0 radical (unpaired) electrons. The summed E-state index contributed by atoms with van der Waals surface area (Å²) < 4.78 is 0. The number of hydrogen-bond acceptors (Lipinski definition) is 3. The van der Waals surface area contributed by atoms with Crippen molar-refractivity contribution in [2.75, 3.05) is 42.3 Å². The van der Waals surface area contributed by atoms with Crippen LogP contribution in [0, 0.1) is 0 Å². The topological polar surface area (TPSA) is 9.72 Å². The molecule has 1 atom stereocenters. The Bertz CT molecular complexity index is 191. The third-order valence-corrected chi connectivity index (χ3v) is 3.98. The molecule has 1 aliphatic rings. The molecule has 1 saturated carbocycles. The zero-order valence-corrected chi connectivity index (χ0v) is 11.2. The summed E-state index contributed by atoms with van der Waals surface area (Å²) in [4.78, 5) is 7.19. The standard InChI is InChI=1S/C12H27N3/c1-13(2)11-9-7-8-10-12(11,14(3)4)15(5)6/h11H,7-10H2,1-6H3. The van der Waals surface area contributed by atoms with Crippen LogP contribution in [0.15, 0.2) is 0 Å². The molecule has 0 aromatic carbocycles. The normalized spacial score (nSPS) is 26.6. The van der Waals surface area contributed by atoms with Crippen molar-refractivity contribution in [3.8, 4) is 0 Å². The maximum absolute atomic E-state index is 2.40. The Labute approximate surface area is 95.0 Å². The second-order valence-electron chi connectivity index (χ2n) is 5.39. The van der Waals surface area contributed by atoms with Gasteiger partial charge >= 0.3 is 0 Å². The molecule has 0 amide bonds. The van der Waals surface area contributed by atoms with Crippen LogP contribution in [0.3, 0.4) is 0 Å². The Morgan fingerprint density at radius 3 is 1.73 bits per heavy atom. The smallest absolute Gasteiger partial charge is 0.0887 e. The predicted molar refractivity (Wildman–Crippen MR) is 66.0 cm³/mol. The minimum atomic E-state index is 0.210. The lowest BCUT2D eigenvalue weighted by molar-refractivity contribution is -0.0846. The molecular formula is C12H27N3. The molecule has 0 heterocycles. The quantitative estimate of drug-likeness (QED) is 0.655. The lowest BCUT2D eigenvalue weighted by atomic mass is 9.81. The summed E-state index contributed by atoms with van der Waals surface area (Å²) in [5.41, 5.74) is 0.210. The van der Waals surface area contributed by atoms with E-state index >= 15 is 0 Å². The van der Waals surface area contributed by atoms with Gasteiger partial charge in [0, 0.05) is 6.04 Å². The van der Waals surface area contributed by atoms with Gasteiger partial charge in [-0.15, -0.1) is 0 Å². The van der Waals surface area contributed by atoms with E-state index in [-0.39, 0.29) is 5.66 Å². The molecule has 0 spiro atoms. The van der Waals surface area contributed by atoms with Crippen LogP contribution in [0.1, 0.15) is 25.7 Å². The van der Waals surface area contributed by atoms with Gasteiger partial charge in [0.15, 0.2) is 0 Å². The van der Waals surface area contributed by atoms with E-state index in [2.05, 4.69) is 57.0 Å². The molecule has 0 N–H and O–H groups in total. The van der Waals surface area contributed by atoms with Crippen molar-refractivity contribution in [3.63, 3.8) is 0 Å². The zero-order valence-electron chi connectivity index (χ0n) is 11.2. The highest BCUT2D eigenvalue weighted by molar-refractivity contribution is 4.99. The average Bonchev–Trinajstić information content (AvgIpc) is 2.16. The summed E-state index contributed by atoms with van der Waals surface area (Å²) in [5.74, 6) is 0. The van der Waals surface area contributed by atoms with E-state index in [9.17, 15) is 0 Å². The highest BCUT2D eigenvalue weighted by Gasteiger charge is 2.45. The van der Waals surface area contributed by atoms with Crippen molar-refractivity contribution in [1.29, 1.82) is 0 Å². The van der Waals surface area contributed by atoms with Gasteiger partial charge < -0.3 is 4.90 Å². The average molecular weight is 213 g/mol. The summed E-state index contributed by atoms with van der Waals surface area (Å²) in [7, 11) is 13.3. The lowest BCUT2D eigenvalue weighted by Crippen LogP contribution is -2.67. The van der Waals surface area contributed by atoms with E-state index in [1.165, 1.54) is 25.7 Å². The predicted octanol–water partition coefficient (Wildman–Crippen LogP) is 1.31. The first kappa shape index (κ1) is 12.9. The molecule has 0 aliphatic heterocycles. The molecule has 0 aromatic heterocycles. The minimum absolute atomic E-state index is 0.210. The van der Waals surface area contributed by atoms with Gasteiger partial charge in [-0.05, 0) is 55.1 Å². The van der Waals surface area contributed by atoms with Gasteiger partial charge in [0.05, 0.1) is 5.66 Å². The van der Waals surface area contributed by atoms with E-state index in [1.807, 2.05) is 0 Å². The first-order valence-corrected chi connectivity index (χ1v) is 5.94. The Morgan fingerprint density at radius 1 is 0.867 bits per heavy atom. The molecule has 1 aliphatic carbocycles. The van der Waals surface area contributed by atoms with Crippen molar-refractivity contribution in [1.82, 2.24) is 14.7 Å². The Balaban J connectivity index is 2.99. The van der Waals surface area contributed by atoms with E-state index in [4.69, 9.17) is 0 Å². The summed E-state index contributed by atoms with van der Waals surface area (Å²) in [5, 5.41) is 0. The van der Waals surface area contributed by atoms with E-state index in [0.717, 1.165) is 0 Å². The zero-order chi connectivity index (χ0) is 11.6. The van der Waals surface area contributed by atoms with Crippen molar-refractivity contribution < 1.29 is 0 Å². The number of nitrogens with zero attached hydrogens (tertiary/aromatic N) is 3. The fourth-order valence-electron chi connectivity index (χ4n) is 3.24. The Morgan fingerprint density at radius 2 is 1.40 bits per heavy atom. The van der Waals surface area contributed by atoms with Gasteiger partial charge in [-0.25, -0.2) is 0 Å². The highest BCUT2D eigenvalue weighted by Crippen LogP contribution is 2.36. The second kappa shape index (κ2) is 4.81. The molecule has 1 unspecified atom stereocenters. The fourth-order valence-corrected chi connectivity index (χ4v) is 3.24.